The Kier molecular flexibility index (Phi) is 6.58. The minimum atomic E-state index is -4.70. The molecule has 1 N–H and O–H groups in total. The van der Waals surface area contributed by atoms with E-state index in [-0.39, 0.29) is 40.0 Å². The largest absolute Gasteiger partial charge is 0.493 e. The molecule has 1 unspecified atom stereocenters. The number of para-hydroxylation sites is 1. The molecular formula is C28H24F5N3O2. The van der Waals surface area contributed by atoms with Crippen molar-refractivity contribution in [2.75, 3.05) is 6.61 Å². The number of pyridine rings is 1. The Hall–Kier alpha value is -3.95. The molecule has 0 saturated heterocycles. The molecule has 0 bridgehead atoms. The van der Waals surface area contributed by atoms with Crippen molar-refractivity contribution in [2.45, 2.75) is 44.8 Å². The topological polar surface area (TPSA) is 55.6 Å². The van der Waals surface area contributed by atoms with Crippen molar-refractivity contribution in [2.24, 2.45) is 0 Å². The molecule has 1 aliphatic rings. The highest BCUT2D eigenvalue weighted by Crippen LogP contribution is 2.41. The summed E-state index contributed by atoms with van der Waals surface area (Å²) < 4.78 is 78.9. The Balaban J connectivity index is 1.68. The lowest BCUT2D eigenvalue weighted by molar-refractivity contribution is -0.152. The minimum Gasteiger partial charge on any atom is -0.493 e. The summed E-state index contributed by atoms with van der Waals surface area (Å²) in [6.07, 6.45) is -4.63. The molecule has 2 aromatic carbocycles. The molecule has 2 atom stereocenters. The van der Waals surface area contributed by atoms with E-state index in [4.69, 9.17) is 4.74 Å². The van der Waals surface area contributed by atoms with E-state index in [1.54, 1.807) is 24.3 Å². The molecule has 3 heterocycles. The van der Waals surface area contributed by atoms with Gasteiger partial charge in [-0.2, -0.15) is 18.3 Å². The zero-order chi connectivity index (χ0) is 27.2. The van der Waals surface area contributed by atoms with Crippen molar-refractivity contribution in [1.29, 1.82) is 0 Å². The Bertz CT molecular complexity index is 1510. The Morgan fingerprint density at radius 2 is 1.79 bits per heavy atom. The number of amides is 1. The predicted molar refractivity (Wildman–Crippen MR) is 131 cm³/mol. The number of nitrogens with one attached hydrogen (secondary N) is 1. The number of hydrogen-bond donors (Lipinski definition) is 1. The quantitative estimate of drug-likeness (QED) is 0.286. The molecule has 1 amide bonds. The summed E-state index contributed by atoms with van der Waals surface area (Å²) >= 11 is 0. The number of benzene rings is 2. The van der Waals surface area contributed by atoms with Crippen molar-refractivity contribution in [3.63, 3.8) is 0 Å². The fraction of sp³-hybridized carbons (Fsp3) is 0.286. The van der Waals surface area contributed by atoms with Crippen LogP contribution in [0.2, 0.25) is 0 Å². The van der Waals surface area contributed by atoms with Gasteiger partial charge in [-0.1, -0.05) is 31.2 Å². The summed E-state index contributed by atoms with van der Waals surface area (Å²) in [4.78, 5) is 13.5. The predicted octanol–water partition coefficient (Wildman–Crippen LogP) is 6.90. The highest BCUT2D eigenvalue weighted by atomic mass is 19.4. The summed E-state index contributed by atoms with van der Waals surface area (Å²) in [6.45, 7) is 3.16. The van der Waals surface area contributed by atoms with E-state index in [2.05, 4.69) is 10.4 Å². The maximum absolute atomic E-state index is 14.7. The van der Waals surface area contributed by atoms with Gasteiger partial charge in [0.05, 0.1) is 46.6 Å². The first-order chi connectivity index (χ1) is 18.1. The second kappa shape index (κ2) is 9.74. The summed E-state index contributed by atoms with van der Waals surface area (Å²) in [6, 6.07) is 12.7. The number of carbonyl (C=O) groups is 1. The van der Waals surface area contributed by atoms with Gasteiger partial charge in [-0.25, -0.2) is 13.3 Å². The second-order valence-electron chi connectivity index (χ2n) is 9.19. The summed E-state index contributed by atoms with van der Waals surface area (Å²) in [5.74, 6) is -3.90. The molecule has 38 heavy (non-hydrogen) atoms. The molecule has 0 fully saturated rings. The van der Waals surface area contributed by atoms with Gasteiger partial charge in [-0.3, -0.25) is 4.79 Å². The molecule has 5 rings (SSSR count). The second-order valence-corrected chi connectivity index (χ2v) is 9.19. The third-order valence-corrected chi connectivity index (χ3v) is 6.86. The van der Waals surface area contributed by atoms with Crippen LogP contribution in [-0.4, -0.2) is 28.3 Å². The normalized spacial score (nSPS) is 16.1. The van der Waals surface area contributed by atoms with Crippen LogP contribution < -0.4 is 10.1 Å². The number of aryl methyl sites for hydroxylation is 1. The van der Waals surface area contributed by atoms with Crippen LogP contribution in [0.4, 0.5) is 22.0 Å². The van der Waals surface area contributed by atoms with Gasteiger partial charge in [-0.05, 0) is 43.7 Å². The van der Waals surface area contributed by atoms with Gasteiger partial charge in [0, 0.05) is 17.5 Å². The van der Waals surface area contributed by atoms with Crippen molar-refractivity contribution < 1.29 is 31.5 Å². The van der Waals surface area contributed by atoms with E-state index in [0.717, 1.165) is 22.2 Å². The number of alkyl halides is 3. The van der Waals surface area contributed by atoms with Crippen LogP contribution in [0.5, 0.6) is 5.75 Å². The van der Waals surface area contributed by atoms with Gasteiger partial charge >= 0.3 is 6.18 Å². The van der Waals surface area contributed by atoms with Crippen molar-refractivity contribution in [1.82, 2.24) is 14.9 Å². The monoisotopic (exact) mass is 529 g/mol. The fourth-order valence-corrected chi connectivity index (χ4v) is 5.13. The molecule has 1 aliphatic heterocycles. The van der Waals surface area contributed by atoms with Gasteiger partial charge in [0.15, 0.2) is 0 Å². The Morgan fingerprint density at radius 3 is 2.47 bits per heavy atom. The van der Waals surface area contributed by atoms with Crippen LogP contribution in [0.25, 0.3) is 16.6 Å². The number of fused-ring (bicyclic) bond motifs is 2. The number of rotatable bonds is 5. The summed E-state index contributed by atoms with van der Waals surface area (Å²) in [7, 11) is 0. The third kappa shape index (κ3) is 4.37. The molecule has 0 saturated carbocycles. The van der Waals surface area contributed by atoms with Gasteiger partial charge < -0.3 is 10.1 Å². The smallest absolute Gasteiger partial charge is 0.397 e. The standard InChI is InChI=1S/C28H24F5N3O2/c1-3-18(28(31,32)33)26-17(27(37)34-21-13-14-38-23-10-5-4-7-16(21)23)11-12-22-24(15(2)35-36(22)26)25-19(29)8-6-9-20(25)30/h4-12,18,21H,3,13-14H2,1-2H3,(H,34,37)/t18?,21-/m0/s1. The van der Waals surface area contributed by atoms with Gasteiger partial charge in [0.25, 0.3) is 5.91 Å². The van der Waals surface area contributed by atoms with E-state index in [1.165, 1.54) is 32.0 Å². The lowest BCUT2D eigenvalue weighted by Crippen LogP contribution is -2.34. The molecule has 0 radical (unpaired) electrons. The van der Waals surface area contributed by atoms with Crippen molar-refractivity contribution >= 4 is 11.4 Å². The van der Waals surface area contributed by atoms with Crippen LogP contribution >= 0.6 is 0 Å². The first-order valence-electron chi connectivity index (χ1n) is 12.2. The lowest BCUT2D eigenvalue weighted by Gasteiger charge is -2.28. The van der Waals surface area contributed by atoms with E-state index in [0.29, 0.717) is 18.8 Å². The number of ether oxygens (including phenoxy) is 1. The number of halogens is 5. The number of aromatic nitrogens is 2. The van der Waals surface area contributed by atoms with Crippen molar-refractivity contribution in [3.8, 4) is 16.9 Å². The van der Waals surface area contributed by atoms with Crippen LogP contribution in [0, 0.1) is 18.6 Å². The maximum atomic E-state index is 14.7. The maximum Gasteiger partial charge on any atom is 0.397 e. The molecule has 10 heteroatoms. The van der Waals surface area contributed by atoms with Crippen LogP contribution in [0.1, 0.15) is 59.0 Å². The first-order valence-corrected chi connectivity index (χ1v) is 12.2. The van der Waals surface area contributed by atoms with Crippen LogP contribution in [0.3, 0.4) is 0 Å². The molecule has 4 aromatic rings. The van der Waals surface area contributed by atoms with E-state index in [1.807, 2.05) is 0 Å². The number of nitrogens with zero attached hydrogens (tertiary/aromatic N) is 2. The average Bonchev–Trinajstić information content (AvgIpc) is 3.20. The van der Waals surface area contributed by atoms with Gasteiger partial charge in [-0.15, -0.1) is 0 Å². The minimum absolute atomic E-state index is 0.0317. The number of hydrogen-bond acceptors (Lipinski definition) is 3. The highest BCUT2D eigenvalue weighted by Gasteiger charge is 2.43. The van der Waals surface area contributed by atoms with Gasteiger partial charge in [0.1, 0.15) is 17.4 Å². The molecule has 5 nitrogen and oxygen atoms in total. The van der Waals surface area contributed by atoms with Gasteiger partial charge in [0.2, 0.25) is 0 Å². The molecule has 0 aliphatic carbocycles. The Morgan fingerprint density at radius 1 is 1.08 bits per heavy atom. The molecular weight excluding hydrogens is 505 g/mol. The molecule has 198 valence electrons. The molecule has 2 aromatic heterocycles. The molecule has 0 spiro atoms. The van der Waals surface area contributed by atoms with Crippen LogP contribution in [0.15, 0.2) is 54.6 Å². The first kappa shape index (κ1) is 25.7. The van der Waals surface area contributed by atoms with Crippen molar-refractivity contribution in [3.05, 3.63) is 88.7 Å². The summed E-state index contributed by atoms with van der Waals surface area (Å²) in [5, 5.41) is 7.11. The highest BCUT2D eigenvalue weighted by molar-refractivity contribution is 5.97. The Labute approximate surface area is 215 Å². The third-order valence-electron chi connectivity index (χ3n) is 6.86. The van der Waals surface area contributed by atoms with Crippen LogP contribution in [-0.2, 0) is 0 Å². The van der Waals surface area contributed by atoms with E-state index < -0.39 is 35.7 Å². The zero-order valence-electron chi connectivity index (χ0n) is 20.6. The average molecular weight is 530 g/mol. The van der Waals surface area contributed by atoms with E-state index in [9.17, 15) is 26.7 Å². The fourth-order valence-electron chi connectivity index (χ4n) is 5.13. The summed E-state index contributed by atoms with van der Waals surface area (Å²) in [5.41, 5.74) is -0.0356. The SMILES string of the molecule is CCC(c1c(C(=O)N[C@H]2CCOc3ccccc32)ccc2c(-c3c(F)cccc3F)c(C)nn12)C(F)(F)F. The number of carbonyl (C=O) groups excluding carboxylic acids is 1. The van der Waals surface area contributed by atoms with E-state index >= 15 is 0 Å². The lowest BCUT2D eigenvalue weighted by atomic mass is 9.94. The zero-order valence-corrected chi connectivity index (χ0v) is 20.6.